The van der Waals surface area contributed by atoms with Crippen molar-refractivity contribution in [3.8, 4) is 17.6 Å². The number of hydrogen-bond donors (Lipinski definition) is 2. The molecule has 0 saturated carbocycles. The maximum absolute atomic E-state index is 13.4. The van der Waals surface area contributed by atoms with Gasteiger partial charge in [-0.25, -0.2) is 4.39 Å². The molecule has 0 fully saturated rings. The molecule has 0 aliphatic rings. The second-order valence-electron chi connectivity index (χ2n) is 4.44. The van der Waals surface area contributed by atoms with E-state index in [0.717, 1.165) is 11.3 Å². The lowest BCUT2D eigenvalue weighted by Crippen LogP contribution is -2.24. The second kappa shape index (κ2) is 7.92. The highest BCUT2D eigenvalue weighted by atomic mass is 32.1. The van der Waals surface area contributed by atoms with Gasteiger partial charge in [-0.2, -0.15) is 5.10 Å². The highest BCUT2D eigenvalue weighted by Gasteiger charge is 2.00. The molecule has 0 bridgehead atoms. The number of benzene rings is 2. The van der Waals surface area contributed by atoms with E-state index >= 15 is 0 Å². The first-order chi connectivity index (χ1) is 11.1. The monoisotopic (exact) mass is 327 g/mol. The number of thiocarbonyl (C=S) groups is 1. The Bertz CT molecular complexity index is 792. The van der Waals surface area contributed by atoms with Crippen molar-refractivity contribution in [2.45, 2.75) is 0 Å². The van der Waals surface area contributed by atoms with Gasteiger partial charge in [-0.05, 0) is 54.7 Å². The highest BCUT2D eigenvalue weighted by molar-refractivity contribution is 7.80. The quantitative estimate of drug-likeness (QED) is 0.393. The molecule has 0 unspecified atom stereocenters. The van der Waals surface area contributed by atoms with Crippen molar-refractivity contribution in [3.05, 3.63) is 65.0 Å². The zero-order valence-electron chi connectivity index (χ0n) is 12.3. The molecule has 0 saturated heterocycles. The lowest BCUT2D eigenvalue weighted by atomic mass is 10.1. The van der Waals surface area contributed by atoms with Gasteiger partial charge in [0.1, 0.15) is 11.6 Å². The van der Waals surface area contributed by atoms with Crippen molar-refractivity contribution in [3.63, 3.8) is 0 Å². The van der Waals surface area contributed by atoms with E-state index in [9.17, 15) is 4.39 Å². The van der Waals surface area contributed by atoms with Gasteiger partial charge >= 0.3 is 0 Å². The van der Waals surface area contributed by atoms with E-state index < -0.39 is 0 Å². The average Bonchev–Trinajstić information content (AvgIpc) is 2.55. The Kier molecular flexibility index (Phi) is 5.67. The topological polar surface area (TPSA) is 59.6 Å². The molecule has 0 radical (unpaired) electrons. The maximum Gasteiger partial charge on any atom is 0.184 e. The molecule has 23 heavy (non-hydrogen) atoms. The summed E-state index contributed by atoms with van der Waals surface area (Å²) in [6.07, 6.45) is 1.48. The number of halogens is 1. The van der Waals surface area contributed by atoms with Crippen LogP contribution in [0.25, 0.3) is 0 Å². The predicted octanol–water partition coefficient (Wildman–Crippen LogP) is 2.40. The minimum Gasteiger partial charge on any atom is -0.497 e. The molecule has 3 N–H and O–H groups in total. The smallest absolute Gasteiger partial charge is 0.184 e. The summed E-state index contributed by atoms with van der Waals surface area (Å²) in [5.74, 6) is 6.28. The van der Waals surface area contributed by atoms with E-state index in [1.54, 1.807) is 13.2 Å². The fourth-order valence-corrected chi connectivity index (χ4v) is 1.78. The zero-order chi connectivity index (χ0) is 16.7. The zero-order valence-corrected chi connectivity index (χ0v) is 13.2. The largest absolute Gasteiger partial charge is 0.497 e. The molecule has 116 valence electrons. The number of hydrogen-bond acceptors (Lipinski definition) is 3. The van der Waals surface area contributed by atoms with Crippen molar-refractivity contribution in [2.75, 3.05) is 7.11 Å². The van der Waals surface area contributed by atoms with Gasteiger partial charge < -0.3 is 10.5 Å². The first kappa shape index (κ1) is 16.5. The molecule has 0 aliphatic heterocycles. The second-order valence-corrected chi connectivity index (χ2v) is 4.88. The third-order valence-electron chi connectivity index (χ3n) is 2.83. The molecule has 0 aliphatic carbocycles. The van der Waals surface area contributed by atoms with Gasteiger partial charge in [-0.1, -0.05) is 11.8 Å². The van der Waals surface area contributed by atoms with Gasteiger partial charge in [0, 0.05) is 16.7 Å². The summed E-state index contributed by atoms with van der Waals surface area (Å²) in [5, 5.41) is 3.91. The van der Waals surface area contributed by atoms with Crippen LogP contribution < -0.4 is 15.9 Å². The van der Waals surface area contributed by atoms with Crippen LogP contribution in [0.15, 0.2) is 47.6 Å². The van der Waals surface area contributed by atoms with Crippen LogP contribution in [-0.4, -0.2) is 18.4 Å². The molecule has 0 amide bonds. The molecule has 2 aromatic carbocycles. The SMILES string of the molecule is COc1ccc(C#Cc2cc(F)ccc2C=NNC(N)=S)cc1. The van der Waals surface area contributed by atoms with Gasteiger partial charge in [-0.15, -0.1) is 0 Å². The lowest BCUT2D eigenvalue weighted by Gasteiger charge is -2.00. The molecule has 6 heteroatoms. The van der Waals surface area contributed by atoms with Crippen LogP contribution in [0.5, 0.6) is 5.75 Å². The van der Waals surface area contributed by atoms with Crippen LogP contribution in [0.3, 0.4) is 0 Å². The van der Waals surface area contributed by atoms with Crippen LogP contribution in [-0.2, 0) is 0 Å². The van der Waals surface area contributed by atoms with Gasteiger partial charge in [0.15, 0.2) is 5.11 Å². The van der Waals surface area contributed by atoms with Crippen LogP contribution >= 0.6 is 12.2 Å². The molecule has 2 rings (SSSR count). The van der Waals surface area contributed by atoms with Gasteiger partial charge in [0.05, 0.1) is 13.3 Å². The van der Waals surface area contributed by atoms with E-state index in [1.807, 2.05) is 24.3 Å². The first-order valence-corrected chi connectivity index (χ1v) is 7.03. The Hall–Kier alpha value is -2.91. The number of nitrogens with two attached hydrogens (primary N) is 1. The van der Waals surface area contributed by atoms with Crippen LogP contribution in [0, 0.1) is 17.7 Å². The molecular weight excluding hydrogens is 313 g/mol. The van der Waals surface area contributed by atoms with Gasteiger partial charge in [0.25, 0.3) is 0 Å². The predicted molar refractivity (Wildman–Crippen MR) is 92.9 cm³/mol. The Labute approximate surface area is 139 Å². The number of hydrazone groups is 1. The third-order valence-corrected chi connectivity index (χ3v) is 2.92. The third kappa shape index (κ3) is 5.09. The van der Waals surface area contributed by atoms with Crippen LogP contribution in [0.4, 0.5) is 4.39 Å². The van der Waals surface area contributed by atoms with Gasteiger partial charge in [-0.3, -0.25) is 5.43 Å². The first-order valence-electron chi connectivity index (χ1n) is 6.62. The Balaban J connectivity index is 2.27. The normalized spacial score (nSPS) is 10.0. The lowest BCUT2D eigenvalue weighted by molar-refractivity contribution is 0.415. The summed E-state index contributed by atoms with van der Waals surface area (Å²) in [6, 6.07) is 11.5. The molecule has 0 aromatic heterocycles. The summed E-state index contributed by atoms with van der Waals surface area (Å²) in [4.78, 5) is 0. The van der Waals surface area contributed by atoms with Crippen molar-refractivity contribution >= 4 is 23.5 Å². The van der Waals surface area contributed by atoms with Crippen LogP contribution in [0.2, 0.25) is 0 Å². The summed E-state index contributed by atoms with van der Waals surface area (Å²) in [6.45, 7) is 0. The fourth-order valence-electron chi connectivity index (χ4n) is 1.73. The molecule has 2 aromatic rings. The molecule has 0 heterocycles. The van der Waals surface area contributed by atoms with Crippen molar-refractivity contribution in [1.82, 2.24) is 5.43 Å². The van der Waals surface area contributed by atoms with Gasteiger partial charge in [0.2, 0.25) is 0 Å². The summed E-state index contributed by atoms with van der Waals surface area (Å²) in [5.41, 5.74) is 9.68. The minimum atomic E-state index is -0.372. The maximum atomic E-state index is 13.4. The highest BCUT2D eigenvalue weighted by Crippen LogP contribution is 2.12. The average molecular weight is 327 g/mol. The van der Waals surface area contributed by atoms with E-state index in [0.29, 0.717) is 11.1 Å². The summed E-state index contributed by atoms with van der Waals surface area (Å²) in [7, 11) is 1.60. The van der Waals surface area contributed by atoms with Crippen molar-refractivity contribution in [1.29, 1.82) is 0 Å². The van der Waals surface area contributed by atoms with E-state index in [-0.39, 0.29) is 10.9 Å². The number of methoxy groups -OCH3 is 1. The van der Waals surface area contributed by atoms with Crippen molar-refractivity contribution in [2.24, 2.45) is 10.8 Å². The number of rotatable bonds is 3. The minimum absolute atomic E-state index is 0.0502. The van der Waals surface area contributed by atoms with E-state index in [4.69, 9.17) is 10.5 Å². The fraction of sp³-hybridized carbons (Fsp3) is 0.0588. The Morgan fingerprint density at radius 1 is 1.26 bits per heavy atom. The number of nitrogens with zero attached hydrogens (tertiary/aromatic N) is 1. The molecule has 0 atom stereocenters. The van der Waals surface area contributed by atoms with Crippen LogP contribution in [0.1, 0.15) is 16.7 Å². The molecule has 4 nitrogen and oxygen atoms in total. The summed E-state index contributed by atoms with van der Waals surface area (Å²) < 4.78 is 18.5. The van der Waals surface area contributed by atoms with Crippen molar-refractivity contribution < 1.29 is 9.13 Å². The Morgan fingerprint density at radius 2 is 2.00 bits per heavy atom. The molecular formula is C17H14FN3OS. The summed E-state index contributed by atoms with van der Waals surface area (Å²) >= 11 is 4.65. The Morgan fingerprint density at radius 3 is 2.65 bits per heavy atom. The molecule has 0 spiro atoms. The number of ether oxygens (including phenoxy) is 1. The van der Waals surface area contributed by atoms with E-state index in [1.165, 1.54) is 18.3 Å². The van der Waals surface area contributed by atoms with E-state index in [2.05, 4.69) is 34.6 Å². The number of nitrogens with one attached hydrogen (secondary N) is 1. The standard InChI is InChI=1S/C17H14FN3OS/c1-22-16-8-3-12(4-9-16)2-5-13-10-15(18)7-6-14(13)11-20-21-17(19)23/h3-4,6-11H,1H3,(H3,19,21,23).